The second kappa shape index (κ2) is 8.29. The van der Waals surface area contributed by atoms with Gasteiger partial charge in [-0.3, -0.25) is 4.99 Å². The van der Waals surface area contributed by atoms with E-state index in [1.54, 1.807) is 0 Å². The lowest BCUT2D eigenvalue weighted by Crippen LogP contribution is -2.07. The van der Waals surface area contributed by atoms with E-state index >= 15 is 0 Å². The number of hydrogen-bond acceptors (Lipinski definition) is 3. The second-order valence-corrected chi connectivity index (χ2v) is 9.31. The van der Waals surface area contributed by atoms with Crippen LogP contribution in [0.5, 0.6) is 0 Å². The van der Waals surface area contributed by atoms with E-state index in [0.717, 1.165) is 70.4 Å². The van der Waals surface area contributed by atoms with Crippen LogP contribution in [0.1, 0.15) is 56.9 Å². The van der Waals surface area contributed by atoms with Crippen molar-refractivity contribution < 1.29 is 0 Å². The molecule has 170 valence electrons. The Balaban J connectivity index is 1.75. The fourth-order valence-corrected chi connectivity index (χ4v) is 4.72. The van der Waals surface area contributed by atoms with Gasteiger partial charge >= 0.3 is 0 Å². The molecule has 5 rings (SSSR count). The molecule has 0 radical (unpaired) electrons. The average molecular weight is 440 g/mol. The van der Waals surface area contributed by atoms with Gasteiger partial charge in [0.25, 0.3) is 0 Å². The number of fused-ring (bicyclic) bond motifs is 2. The van der Waals surface area contributed by atoms with Crippen molar-refractivity contribution in [3.8, 4) is 11.5 Å². The summed E-state index contributed by atoms with van der Waals surface area (Å²) in [6.45, 7) is 11.6. The van der Waals surface area contributed by atoms with Crippen molar-refractivity contribution in [2.75, 3.05) is 7.05 Å². The van der Waals surface area contributed by atoms with Crippen molar-refractivity contribution >= 4 is 33.4 Å². The molecule has 33 heavy (non-hydrogen) atoms. The van der Waals surface area contributed by atoms with E-state index in [9.17, 15) is 0 Å². The summed E-state index contributed by atoms with van der Waals surface area (Å²) in [5, 5.41) is 1.15. The van der Waals surface area contributed by atoms with E-state index in [4.69, 9.17) is 9.97 Å². The van der Waals surface area contributed by atoms with Crippen molar-refractivity contribution in [2.45, 2.75) is 53.0 Å². The summed E-state index contributed by atoms with van der Waals surface area (Å²) in [6.07, 6.45) is 4.49. The highest BCUT2D eigenvalue weighted by Crippen LogP contribution is 2.37. The molecular formula is C28H33N5. The van der Waals surface area contributed by atoms with Gasteiger partial charge in [0.15, 0.2) is 5.82 Å². The van der Waals surface area contributed by atoms with Gasteiger partial charge in [-0.1, -0.05) is 20.4 Å². The molecule has 0 aliphatic heterocycles. The number of aliphatic imine (C=N–C) groups is 1. The predicted molar refractivity (Wildman–Crippen MR) is 139 cm³/mol. The molecule has 3 aromatic heterocycles. The Morgan fingerprint density at radius 2 is 1.94 bits per heavy atom. The van der Waals surface area contributed by atoms with Crippen LogP contribution >= 0.6 is 0 Å². The molecule has 0 N–H and O–H groups in total. The minimum Gasteiger partial charge on any atom is -0.326 e. The molecule has 5 nitrogen and oxygen atoms in total. The Labute approximate surface area is 195 Å². The summed E-state index contributed by atoms with van der Waals surface area (Å²) in [7, 11) is 3.96. The van der Waals surface area contributed by atoms with Gasteiger partial charge < -0.3 is 9.13 Å². The molecule has 3 heterocycles. The fourth-order valence-electron chi connectivity index (χ4n) is 4.72. The molecule has 0 bridgehead atoms. The van der Waals surface area contributed by atoms with Gasteiger partial charge in [-0.2, -0.15) is 0 Å². The zero-order valence-electron chi connectivity index (χ0n) is 20.4. The lowest BCUT2D eigenvalue weighted by molar-refractivity contribution is 0.644. The Morgan fingerprint density at radius 1 is 1.15 bits per heavy atom. The summed E-state index contributed by atoms with van der Waals surface area (Å²) in [4.78, 5) is 14.5. The van der Waals surface area contributed by atoms with E-state index in [-0.39, 0.29) is 0 Å². The van der Waals surface area contributed by atoms with E-state index in [2.05, 4.69) is 71.9 Å². The number of benzene rings is 1. The third-order valence-electron chi connectivity index (χ3n) is 7.08. The molecule has 1 aliphatic carbocycles. The molecule has 0 atom stereocenters. The molecule has 0 amide bonds. The summed E-state index contributed by atoms with van der Waals surface area (Å²) in [5.74, 6) is 1.73. The number of imidazole rings is 1. The standard InChI is InChI=1S/C28H33N5/c1-7-17(3)22-13-20(8-2)26-24(14-22)31-28(32(26)6)25-15-21-11-12-23(18(4)29-5)30-27(21)33(25)16-19-9-10-19/h11-15,19H,3,7-10,16H2,1-2,4-6H3. The van der Waals surface area contributed by atoms with E-state index < -0.39 is 0 Å². The SMILES string of the molecule is C=C(CC)c1cc(CC)c2c(c1)nc(-c1cc3ccc(C(C)=NC)nc3n1CC1CC1)n2C. The van der Waals surface area contributed by atoms with Gasteiger partial charge in [0.1, 0.15) is 5.65 Å². The van der Waals surface area contributed by atoms with Crippen molar-refractivity contribution in [3.05, 3.63) is 53.7 Å². The first-order valence-corrected chi connectivity index (χ1v) is 12.1. The first-order valence-electron chi connectivity index (χ1n) is 12.1. The smallest absolute Gasteiger partial charge is 0.157 e. The largest absolute Gasteiger partial charge is 0.326 e. The number of allylic oxidation sites excluding steroid dienone is 1. The van der Waals surface area contributed by atoms with Crippen LogP contribution in [0, 0.1) is 5.92 Å². The van der Waals surface area contributed by atoms with E-state index in [0.29, 0.717) is 0 Å². The molecule has 5 heteroatoms. The van der Waals surface area contributed by atoms with Crippen molar-refractivity contribution in [3.63, 3.8) is 0 Å². The van der Waals surface area contributed by atoms with Crippen LogP contribution in [-0.2, 0) is 20.0 Å². The molecule has 0 unspecified atom stereocenters. The first-order chi connectivity index (χ1) is 15.9. The number of rotatable bonds is 7. The summed E-state index contributed by atoms with van der Waals surface area (Å²) in [6, 6.07) is 11.0. The zero-order chi connectivity index (χ0) is 23.3. The molecule has 0 saturated heterocycles. The van der Waals surface area contributed by atoms with Gasteiger partial charge in [-0.05, 0) is 85.6 Å². The van der Waals surface area contributed by atoms with Crippen LogP contribution in [0.15, 0.2) is 41.9 Å². The summed E-state index contributed by atoms with van der Waals surface area (Å²) < 4.78 is 4.65. The van der Waals surface area contributed by atoms with Crippen LogP contribution in [0.2, 0.25) is 0 Å². The van der Waals surface area contributed by atoms with Gasteiger partial charge in [0, 0.05) is 26.0 Å². The normalized spacial score (nSPS) is 14.5. The molecule has 1 saturated carbocycles. The van der Waals surface area contributed by atoms with Gasteiger partial charge in [0.05, 0.1) is 28.1 Å². The number of nitrogens with zero attached hydrogens (tertiary/aromatic N) is 5. The highest BCUT2D eigenvalue weighted by Gasteiger charge is 2.26. The number of hydrogen-bond donors (Lipinski definition) is 0. The third kappa shape index (κ3) is 3.69. The number of aromatic nitrogens is 4. The van der Waals surface area contributed by atoms with E-state index in [1.807, 2.05) is 14.0 Å². The van der Waals surface area contributed by atoms with Gasteiger partial charge in [0.2, 0.25) is 0 Å². The molecule has 1 fully saturated rings. The Hall–Kier alpha value is -3.21. The topological polar surface area (TPSA) is 48.0 Å². The maximum atomic E-state index is 5.18. The van der Waals surface area contributed by atoms with Crippen LogP contribution in [-0.4, -0.2) is 31.9 Å². The molecule has 0 spiro atoms. The molecule has 1 aromatic carbocycles. The Morgan fingerprint density at radius 3 is 2.61 bits per heavy atom. The minimum absolute atomic E-state index is 0.728. The quantitative estimate of drug-likeness (QED) is 0.312. The van der Waals surface area contributed by atoms with Crippen molar-refractivity contribution in [1.82, 2.24) is 19.1 Å². The average Bonchev–Trinajstić information content (AvgIpc) is 3.51. The predicted octanol–water partition coefficient (Wildman–Crippen LogP) is 6.42. The summed E-state index contributed by atoms with van der Waals surface area (Å²) in [5.41, 5.74) is 10.00. The van der Waals surface area contributed by atoms with Gasteiger partial charge in [-0.15, -0.1) is 0 Å². The lowest BCUT2D eigenvalue weighted by Gasteiger charge is -2.11. The second-order valence-electron chi connectivity index (χ2n) is 9.31. The van der Waals surface area contributed by atoms with Crippen molar-refractivity contribution in [1.29, 1.82) is 0 Å². The maximum Gasteiger partial charge on any atom is 0.157 e. The van der Waals surface area contributed by atoms with Crippen LogP contribution in [0.3, 0.4) is 0 Å². The van der Waals surface area contributed by atoms with Crippen molar-refractivity contribution in [2.24, 2.45) is 18.0 Å². The number of pyridine rings is 1. The fraction of sp³-hybridized carbons (Fsp3) is 0.393. The summed E-state index contributed by atoms with van der Waals surface area (Å²) >= 11 is 0. The van der Waals surface area contributed by atoms with E-state index in [1.165, 1.54) is 29.5 Å². The Kier molecular flexibility index (Phi) is 5.43. The first kappa shape index (κ1) is 21.6. The third-order valence-corrected chi connectivity index (χ3v) is 7.08. The molecule has 4 aromatic rings. The van der Waals surface area contributed by atoms with Crippen LogP contribution < -0.4 is 0 Å². The lowest BCUT2D eigenvalue weighted by atomic mass is 10.00. The van der Waals surface area contributed by atoms with Crippen LogP contribution in [0.4, 0.5) is 0 Å². The maximum absolute atomic E-state index is 5.18. The highest BCUT2D eigenvalue weighted by molar-refractivity contribution is 5.99. The monoisotopic (exact) mass is 439 g/mol. The minimum atomic E-state index is 0.728. The molecule has 1 aliphatic rings. The highest BCUT2D eigenvalue weighted by atomic mass is 15.1. The Bertz CT molecular complexity index is 1410. The van der Waals surface area contributed by atoms with Gasteiger partial charge in [-0.25, -0.2) is 9.97 Å². The number of aryl methyl sites for hydroxylation is 2. The van der Waals surface area contributed by atoms with Crippen LogP contribution in [0.25, 0.3) is 39.2 Å². The zero-order valence-corrected chi connectivity index (χ0v) is 20.4. The molecular weight excluding hydrogens is 406 g/mol.